The Hall–Kier alpha value is -1.73. The highest BCUT2D eigenvalue weighted by Crippen LogP contribution is 2.38. The Balaban J connectivity index is 3.17. The Morgan fingerprint density at radius 1 is 1.16 bits per heavy atom. The second-order valence-electron chi connectivity index (χ2n) is 3.67. The van der Waals surface area contributed by atoms with E-state index in [1.807, 2.05) is 0 Å². The third-order valence-corrected chi connectivity index (χ3v) is 2.21. The molecule has 0 heterocycles. The van der Waals surface area contributed by atoms with Gasteiger partial charge in [-0.3, -0.25) is 4.79 Å². The molecule has 1 aromatic rings. The van der Waals surface area contributed by atoms with Gasteiger partial charge in [0, 0.05) is 5.56 Å². The number of aldehydes is 1. The van der Waals surface area contributed by atoms with Crippen molar-refractivity contribution >= 4 is 6.29 Å². The summed E-state index contributed by atoms with van der Waals surface area (Å²) in [6, 6.07) is 2.07. The number of hydrogen-bond donors (Lipinski definition) is 0. The van der Waals surface area contributed by atoms with E-state index in [0.717, 1.165) is 6.07 Å². The molecule has 0 bridgehead atoms. The molecule has 2 nitrogen and oxygen atoms in total. The van der Waals surface area contributed by atoms with Crippen LogP contribution in [0.5, 0.6) is 5.75 Å². The number of alkyl halides is 6. The van der Waals surface area contributed by atoms with E-state index >= 15 is 0 Å². The number of hydrogen-bond acceptors (Lipinski definition) is 2. The van der Waals surface area contributed by atoms with Crippen molar-refractivity contribution in [2.24, 2.45) is 0 Å². The average molecular weight is 286 g/mol. The lowest BCUT2D eigenvalue weighted by Gasteiger charge is -2.20. The molecule has 1 rings (SSSR count). The molecule has 19 heavy (non-hydrogen) atoms. The number of halogens is 6. The van der Waals surface area contributed by atoms with Gasteiger partial charge in [0.2, 0.25) is 0 Å². The van der Waals surface area contributed by atoms with Crippen molar-refractivity contribution in [1.29, 1.82) is 0 Å². The number of benzene rings is 1. The molecule has 8 heteroatoms. The van der Waals surface area contributed by atoms with Crippen molar-refractivity contribution in [2.75, 3.05) is 0 Å². The summed E-state index contributed by atoms with van der Waals surface area (Å²) >= 11 is 0. The lowest BCUT2D eigenvalue weighted by molar-refractivity contribution is -0.191. The number of carbonyl (C=O) groups excluding carboxylic acids is 1. The summed E-state index contributed by atoms with van der Waals surface area (Å²) < 4.78 is 78.9. The van der Waals surface area contributed by atoms with Gasteiger partial charge in [0.05, 0.1) is 5.56 Å². The standard InChI is InChI=1S/C11H8F6O2/c1-6(10(12,13)14)19-9-3-2-7(5-18)4-8(9)11(15,16)17/h2-6H,1H3. The summed E-state index contributed by atoms with van der Waals surface area (Å²) in [5, 5.41) is 0. The van der Waals surface area contributed by atoms with E-state index in [-0.39, 0.29) is 11.8 Å². The van der Waals surface area contributed by atoms with E-state index in [1.54, 1.807) is 0 Å². The van der Waals surface area contributed by atoms with Crippen LogP contribution in [0.4, 0.5) is 26.3 Å². The molecule has 0 amide bonds. The first-order chi connectivity index (χ1) is 8.55. The lowest BCUT2D eigenvalue weighted by atomic mass is 10.1. The lowest BCUT2D eigenvalue weighted by Crippen LogP contribution is -2.31. The van der Waals surface area contributed by atoms with Crippen molar-refractivity contribution in [3.05, 3.63) is 29.3 Å². The molecule has 0 fully saturated rings. The highest BCUT2D eigenvalue weighted by atomic mass is 19.4. The van der Waals surface area contributed by atoms with Crippen molar-refractivity contribution in [3.63, 3.8) is 0 Å². The zero-order valence-corrected chi connectivity index (χ0v) is 9.47. The van der Waals surface area contributed by atoms with Gasteiger partial charge in [-0.25, -0.2) is 0 Å². The van der Waals surface area contributed by atoms with Crippen LogP contribution in [0.15, 0.2) is 18.2 Å². The first kappa shape index (κ1) is 15.3. The SMILES string of the molecule is CC(Oc1ccc(C=O)cc1C(F)(F)F)C(F)(F)F. The van der Waals surface area contributed by atoms with Gasteiger partial charge in [0.1, 0.15) is 12.0 Å². The van der Waals surface area contributed by atoms with Gasteiger partial charge in [-0.15, -0.1) is 0 Å². The maximum Gasteiger partial charge on any atom is 0.425 e. The topological polar surface area (TPSA) is 26.3 Å². The molecule has 0 spiro atoms. The predicted octanol–water partition coefficient (Wildman–Crippen LogP) is 3.85. The summed E-state index contributed by atoms with van der Waals surface area (Å²) in [4.78, 5) is 10.4. The van der Waals surface area contributed by atoms with E-state index in [2.05, 4.69) is 4.74 Å². The molecule has 0 saturated carbocycles. The fourth-order valence-corrected chi connectivity index (χ4v) is 1.20. The maximum absolute atomic E-state index is 12.6. The first-order valence-corrected chi connectivity index (χ1v) is 4.95. The Kier molecular flexibility index (Phi) is 4.12. The number of carbonyl (C=O) groups is 1. The summed E-state index contributed by atoms with van der Waals surface area (Å²) in [6.45, 7) is 0.591. The molecule has 0 aliphatic rings. The summed E-state index contributed by atoms with van der Waals surface area (Å²) in [7, 11) is 0. The van der Waals surface area contributed by atoms with Crippen LogP contribution >= 0.6 is 0 Å². The third-order valence-electron chi connectivity index (χ3n) is 2.21. The molecule has 1 aromatic carbocycles. The van der Waals surface area contributed by atoms with E-state index in [1.165, 1.54) is 0 Å². The van der Waals surface area contributed by atoms with Crippen molar-refractivity contribution in [2.45, 2.75) is 25.4 Å². The van der Waals surface area contributed by atoms with Gasteiger partial charge in [-0.05, 0) is 25.1 Å². The highest BCUT2D eigenvalue weighted by Gasteiger charge is 2.41. The van der Waals surface area contributed by atoms with Crippen LogP contribution in [0.3, 0.4) is 0 Å². The zero-order chi connectivity index (χ0) is 14.8. The minimum atomic E-state index is -4.92. The molecule has 1 unspecified atom stereocenters. The van der Waals surface area contributed by atoms with E-state index in [0.29, 0.717) is 19.1 Å². The third kappa shape index (κ3) is 3.87. The van der Waals surface area contributed by atoms with Crippen LogP contribution < -0.4 is 4.74 Å². The maximum atomic E-state index is 12.6. The minimum Gasteiger partial charge on any atom is -0.481 e. The van der Waals surface area contributed by atoms with Gasteiger partial charge in [-0.2, -0.15) is 26.3 Å². The first-order valence-electron chi connectivity index (χ1n) is 4.95. The summed E-state index contributed by atoms with van der Waals surface area (Å²) in [6.07, 6.45) is -11.9. The fourth-order valence-electron chi connectivity index (χ4n) is 1.20. The molecule has 106 valence electrons. The van der Waals surface area contributed by atoms with Crippen LogP contribution in [0.25, 0.3) is 0 Å². The molecule has 0 radical (unpaired) electrons. The molecule has 0 aliphatic carbocycles. The predicted molar refractivity (Wildman–Crippen MR) is 53.0 cm³/mol. The molecule has 0 aromatic heterocycles. The quantitative estimate of drug-likeness (QED) is 0.623. The molecule has 0 N–H and O–H groups in total. The van der Waals surface area contributed by atoms with Crippen LogP contribution in [-0.2, 0) is 6.18 Å². The molecule has 0 aliphatic heterocycles. The Morgan fingerprint density at radius 3 is 2.16 bits per heavy atom. The normalized spacial score (nSPS) is 14.1. The van der Waals surface area contributed by atoms with Gasteiger partial charge in [0.25, 0.3) is 0 Å². The Bertz CT molecular complexity index is 463. The molecular formula is C11H8F6O2. The van der Waals surface area contributed by atoms with E-state index < -0.39 is 29.8 Å². The van der Waals surface area contributed by atoms with Crippen molar-refractivity contribution in [1.82, 2.24) is 0 Å². The van der Waals surface area contributed by atoms with Crippen molar-refractivity contribution in [3.8, 4) is 5.75 Å². The van der Waals surface area contributed by atoms with E-state index in [9.17, 15) is 31.1 Å². The second-order valence-corrected chi connectivity index (χ2v) is 3.67. The summed E-state index contributed by atoms with van der Waals surface area (Å²) in [5.41, 5.74) is -1.73. The number of ether oxygens (including phenoxy) is 1. The fraction of sp³-hybridized carbons (Fsp3) is 0.364. The smallest absolute Gasteiger partial charge is 0.425 e. The van der Waals surface area contributed by atoms with Crippen LogP contribution in [0, 0.1) is 0 Å². The van der Waals surface area contributed by atoms with E-state index in [4.69, 9.17) is 0 Å². The van der Waals surface area contributed by atoms with Gasteiger partial charge in [0.15, 0.2) is 6.10 Å². The zero-order valence-electron chi connectivity index (χ0n) is 9.47. The van der Waals surface area contributed by atoms with Crippen LogP contribution in [0.1, 0.15) is 22.8 Å². The summed E-state index contributed by atoms with van der Waals surface area (Å²) in [5.74, 6) is -0.970. The van der Waals surface area contributed by atoms with Crippen LogP contribution in [-0.4, -0.2) is 18.6 Å². The highest BCUT2D eigenvalue weighted by molar-refractivity contribution is 5.75. The molecule has 0 saturated heterocycles. The van der Waals surface area contributed by atoms with Crippen LogP contribution in [0.2, 0.25) is 0 Å². The minimum absolute atomic E-state index is 0.159. The van der Waals surface area contributed by atoms with Gasteiger partial charge >= 0.3 is 12.4 Å². The Labute approximate surface area is 104 Å². The largest absolute Gasteiger partial charge is 0.481 e. The second kappa shape index (κ2) is 5.10. The average Bonchev–Trinajstić information content (AvgIpc) is 2.26. The monoisotopic (exact) mass is 286 g/mol. The van der Waals surface area contributed by atoms with Crippen molar-refractivity contribution < 1.29 is 35.9 Å². The number of rotatable bonds is 3. The van der Waals surface area contributed by atoms with Gasteiger partial charge in [-0.1, -0.05) is 0 Å². The Morgan fingerprint density at radius 2 is 1.74 bits per heavy atom. The molecular weight excluding hydrogens is 278 g/mol. The molecule has 1 atom stereocenters. The van der Waals surface area contributed by atoms with Gasteiger partial charge < -0.3 is 4.74 Å².